The zero-order valence-corrected chi connectivity index (χ0v) is 9.35. The van der Waals surface area contributed by atoms with Gasteiger partial charge in [-0.15, -0.1) is 0 Å². The fourth-order valence-corrected chi connectivity index (χ4v) is 1.66. The van der Waals surface area contributed by atoms with Crippen LogP contribution in [-0.2, 0) is 0 Å². The lowest BCUT2D eigenvalue weighted by atomic mass is 10.2. The summed E-state index contributed by atoms with van der Waals surface area (Å²) < 4.78 is 6.86. The minimum atomic E-state index is -0.428. The molecular formula is C13H9N3O2. The highest BCUT2D eigenvalue weighted by Crippen LogP contribution is 2.14. The third-order valence-electron chi connectivity index (χ3n) is 2.51. The van der Waals surface area contributed by atoms with E-state index in [1.54, 1.807) is 35.2 Å². The van der Waals surface area contributed by atoms with Crippen molar-refractivity contribution in [3.63, 3.8) is 0 Å². The van der Waals surface area contributed by atoms with Crippen LogP contribution in [0.1, 0.15) is 10.4 Å². The summed E-state index contributed by atoms with van der Waals surface area (Å²) in [6.07, 6.45) is 6.41. The minimum absolute atomic E-state index is 0.428. The van der Waals surface area contributed by atoms with Gasteiger partial charge in [0, 0.05) is 18.6 Å². The second-order valence-electron chi connectivity index (χ2n) is 3.66. The summed E-state index contributed by atoms with van der Waals surface area (Å²) >= 11 is 0. The first kappa shape index (κ1) is 10.5. The number of rotatable bonds is 2. The molecule has 0 aliphatic carbocycles. The Bertz CT molecular complexity index is 692. The van der Waals surface area contributed by atoms with E-state index >= 15 is 0 Å². The summed E-state index contributed by atoms with van der Waals surface area (Å²) in [5.74, 6) is 0.0349. The largest absolute Gasteiger partial charge is 0.423 e. The van der Waals surface area contributed by atoms with Crippen molar-refractivity contribution in [3.8, 4) is 5.75 Å². The summed E-state index contributed by atoms with van der Waals surface area (Å²) in [6.45, 7) is 0. The third-order valence-corrected chi connectivity index (χ3v) is 2.51. The Hall–Kier alpha value is -2.69. The number of carbonyl (C=O) groups is 1. The Morgan fingerprint density at radius 2 is 2.00 bits per heavy atom. The summed E-state index contributed by atoms with van der Waals surface area (Å²) in [5, 5.41) is 4.08. The number of hydrogen-bond donors (Lipinski definition) is 0. The van der Waals surface area contributed by atoms with Gasteiger partial charge in [0.15, 0.2) is 0 Å². The van der Waals surface area contributed by atoms with Crippen molar-refractivity contribution in [2.75, 3.05) is 0 Å². The van der Waals surface area contributed by atoms with Crippen LogP contribution in [0.15, 0.2) is 55.1 Å². The summed E-state index contributed by atoms with van der Waals surface area (Å²) in [4.78, 5) is 15.9. The second kappa shape index (κ2) is 4.29. The molecule has 0 amide bonds. The molecule has 0 aliphatic rings. The molecule has 0 aromatic carbocycles. The Kier molecular flexibility index (Phi) is 2.49. The Morgan fingerprint density at radius 1 is 1.17 bits per heavy atom. The monoisotopic (exact) mass is 239 g/mol. The van der Waals surface area contributed by atoms with Gasteiger partial charge < -0.3 is 4.74 Å². The number of ether oxygens (including phenoxy) is 1. The standard InChI is InChI=1S/C13H9N3O2/c17-13(18-10-4-6-14-7-5-10)11-9-15-16-8-2-1-3-12(11)16/h1-9H. The first-order valence-corrected chi connectivity index (χ1v) is 5.39. The van der Waals surface area contributed by atoms with Gasteiger partial charge in [-0.05, 0) is 24.3 Å². The van der Waals surface area contributed by atoms with Crippen LogP contribution in [0.2, 0.25) is 0 Å². The van der Waals surface area contributed by atoms with Crippen molar-refractivity contribution in [1.82, 2.24) is 14.6 Å². The van der Waals surface area contributed by atoms with Crippen LogP contribution in [0, 0.1) is 0 Å². The predicted octanol–water partition coefficient (Wildman–Crippen LogP) is 1.95. The summed E-state index contributed by atoms with van der Waals surface area (Å²) in [6, 6.07) is 8.77. The quantitative estimate of drug-likeness (QED) is 0.641. The van der Waals surface area contributed by atoms with Gasteiger partial charge in [0.05, 0.1) is 11.7 Å². The van der Waals surface area contributed by atoms with E-state index in [9.17, 15) is 4.79 Å². The molecule has 18 heavy (non-hydrogen) atoms. The average Bonchev–Trinajstić information content (AvgIpc) is 2.84. The van der Waals surface area contributed by atoms with Crippen molar-refractivity contribution >= 4 is 11.5 Å². The van der Waals surface area contributed by atoms with Crippen LogP contribution in [0.5, 0.6) is 5.75 Å². The van der Waals surface area contributed by atoms with Crippen LogP contribution < -0.4 is 4.74 Å². The van der Waals surface area contributed by atoms with Gasteiger partial charge in [-0.2, -0.15) is 5.10 Å². The first-order valence-electron chi connectivity index (χ1n) is 5.39. The fourth-order valence-electron chi connectivity index (χ4n) is 1.66. The van der Waals surface area contributed by atoms with Gasteiger partial charge in [-0.1, -0.05) is 6.07 Å². The molecule has 0 bridgehead atoms. The first-order chi connectivity index (χ1) is 8.84. The van der Waals surface area contributed by atoms with E-state index in [1.165, 1.54) is 6.20 Å². The Labute approximate surface area is 103 Å². The molecule has 0 saturated carbocycles. The van der Waals surface area contributed by atoms with Gasteiger partial charge in [-0.25, -0.2) is 9.31 Å². The predicted molar refractivity (Wildman–Crippen MR) is 64.4 cm³/mol. The minimum Gasteiger partial charge on any atom is -0.423 e. The maximum Gasteiger partial charge on any atom is 0.347 e. The number of pyridine rings is 2. The smallest absolute Gasteiger partial charge is 0.347 e. The van der Waals surface area contributed by atoms with Crippen LogP contribution in [0.25, 0.3) is 5.52 Å². The molecular weight excluding hydrogens is 230 g/mol. The molecule has 5 heteroatoms. The SMILES string of the molecule is O=C(Oc1ccncc1)c1cnn2ccccc12. The zero-order valence-electron chi connectivity index (χ0n) is 9.35. The van der Waals surface area contributed by atoms with Crippen molar-refractivity contribution in [3.05, 3.63) is 60.7 Å². The van der Waals surface area contributed by atoms with E-state index in [1.807, 2.05) is 18.2 Å². The van der Waals surface area contributed by atoms with E-state index < -0.39 is 5.97 Å². The maximum absolute atomic E-state index is 12.0. The highest BCUT2D eigenvalue weighted by Gasteiger charge is 2.14. The van der Waals surface area contributed by atoms with Gasteiger partial charge in [-0.3, -0.25) is 4.98 Å². The number of carbonyl (C=O) groups excluding carboxylic acids is 1. The molecule has 0 N–H and O–H groups in total. The number of fused-ring (bicyclic) bond motifs is 1. The average molecular weight is 239 g/mol. The van der Waals surface area contributed by atoms with Crippen molar-refractivity contribution in [1.29, 1.82) is 0 Å². The molecule has 0 atom stereocenters. The van der Waals surface area contributed by atoms with Crippen LogP contribution in [-0.4, -0.2) is 20.6 Å². The number of hydrogen-bond acceptors (Lipinski definition) is 4. The van der Waals surface area contributed by atoms with Crippen molar-refractivity contribution in [2.45, 2.75) is 0 Å². The highest BCUT2D eigenvalue weighted by atomic mass is 16.5. The van der Waals surface area contributed by atoms with Crippen LogP contribution in [0.3, 0.4) is 0 Å². The molecule has 0 fully saturated rings. The molecule has 5 nitrogen and oxygen atoms in total. The molecule has 0 saturated heterocycles. The van der Waals surface area contributed by atoms with Gasteiger partial charge in [0.25, 0.3) is 0 Å². The van der Waals surface area contributed by atoms with Crippen LogP contribution >= 0.6 is 0 Å². The van der Waals surface area contributed by atoms with Gasteiger partial charge in [0.1, 0.15) is 11.3 Å². The van der Waals surface area contributed by atoms with Gasteiger partial charge >= 0.3 is 5.97 Å². The molecule has 3 aromatic rings. The molecule has 88 valence electrons. The zero-order chi connectivity index (χ0) is 12.4. The van der Waals surface area contributed by atoms with Gasteiger partial charge in [0.2, 0.25) is 0 Å². The van der Waals surface area contributed by atoms with E-state index in [0.717, 1.165) is 5.52 Å². The Morgan fingerprint density at radius 3 is 2.83 bits per heavy atom. The number of nitrogens with zero attached hydrogens (tertiary/aromatic N) is 3. The van der Waals surface area contributed by atoms with Crippen LogP contribution in [0.4, 0.5) is 0 Å². The third kappa shape index (κ3) is 1.82. The lowest BCUT2D eigenvalue weighted by Gasteiger charge is -2.01. The van der Waals surface area contributed by atoms with E-state index in [4.69, 9.17) is 4.74 Å². The molecule has 0 radical (unpaired) electrons. The maximum atomic E-state index is 12.0. The summed E-state index contributed by atoms with van der Waals surface area (Å²) in [5.41, 5.74) is 1.16. The molecule has 0 unspecified atom stereocenters. The molecule has 3 heterocycles. The Balaban J connectivity index is 1.93. The number of aromatic nitrogens is 3. The fraction of sp³-hybridized carbons (Fsp3) is 0. The lowest BCUT2D eigenvalue weighted by Crippen LogP contribution is -2.08. The lowest BCUT2D eigenvalue weighted by molar-refractivity contribution is 0.0736. The van der Waals surface area contributed by atoms with E-state index in [0.29, 0.717) is 11.3 Å². The molecule has 0 spiro atoms. The van der Waals surface area contributed by atoms with Crippen molar-refractivity contribution in [2.24, 2.45) is 0 Å². The second-order valence-corrected chi connectivity index (χ2v) is 3.66. The van der Waals surface area contributed by atoms with Crippen molar-refractivity contribution < 1.29 is 9.53 Å². The topological polar surface area (TPSA) is 56.5 Å². The van der Waals surface area contributed by atoms with E-state index in [-0.39, 0.29) is 0 Å². The molecule has 3 aromatic heterocycles. The summed E-state index contributed by atoms with van der Waals surface area (Å²) in [7, 11) is 0. The highest BCUT2D eigenvalue weighted by molar-refractivity contribution is 5.97. The molecule has 3 rings (SSSR count). The number of esters is 1. The molecule has 0 aliphatic heterocycles. The van der Waals surface area contributed by atoms with E-state index in [2.05, 4.69) is 10.1 Å². The normalized spacial score (nSPS) is 10.4.